The Hall–Kier alpha value is -2.90. The zero-order valence-corrected chi connectivity index (χ0v) is 19.6. The van der Waals surface area contributed by atoms with E-state index in [4.69, 9.17) is 27.9 Å². The van der Waals surface area contributed by atoms with Gasteiger partial charge in [-0.05, 0) is 63.6 Å². The number of aryl methyl sites for hydroxylation is 2. The molecule has 0 aliphatic heterocycles. The van der Waals surface area contributed by atoms with Crippen LogP contribution in [0.1, 0.15) is 48.4 Å². The summed E-state index contributed by atoms with van der Waals surface area (Å²) in [6.07, 6.45) is -1.04. The van der Waals surface area contributed by atoms with Crippen LogP contribution in [0.5, 0.6) is 0 Å². The van der Waals surface area contributed by atoms with E-state index >= 15 is 0 Å². The Bertz CT molecular complexity index is 1260. The van der Waals surface area contributed by atoms with Gasteiger partial charge in [-0.2, -0.15) is 0 Å². The highest BCUT2D eigenvalue weighted by atomic mass is 35.5. The number of nitrogens with zero attached hydrogens (tertiary/aromatic N) is 2. The minimum absolute atomic E-state index is 0.171. The molecule has 7 nitrogen and oxygen atoms in total. The zero-order chi connectivity index (χ0) is 23.6. The second-order valence-corrected chi connectivity index (χ2v) is 8.24. The molecule has 0 bridgehead atoms. The van der Waals surface area contributed by atoms with Crippen LogP contribution in [0.4, 0.5) is 0 Å². The average Bonchev–Trinajstić information content (AvgIpc) is 2.74. The number of hydrogen-bond acceptors (Lipinski definition) is 5. The number of benzene rings is 2. The van der Waals surface area contributed by atoms with Crippen LogP contribution < -0.4 is 10.9 Å². The van der Waals surface area contributed by atoms with E-state index in [2.05, 4.69) is 10.3 Å². The van der Waals surface area contributed by atoms with E-state index in [1.165, 1.54) is 6.92 Å². The first kappa shape index (κ1) is 23.8. The third-order valence-electron chi connectivity index (χ3n) is 5.10. The molecule has 1 aromatic heterocycles. The highest BCUT2D eigenvalue weighted by Gasteiger charge is 2.22. The van der Waals surface area contributed by atoms with Gasteiger partial charge in [0, 0.05) is 16.6 Å². The maximum absolute atomic E-state index is 12.6. The number of fused-ring (bicyclic) bond motifs is 1. The molecule has 3 aromatic rings. The van der Waals surface area contributed by atoms with Crippen molar-refractivity contribution in [3.8, 4) is 0 Å². The number of esters is 1. The molecule has 2 aromatic carbocycles. The van der Waals surface area contributed by atoms with Gasteiger partial charge in [-0.3, -0.25) is 9.59 Å². The van der Waals surface area contributed by atoms with Gasteiger partial charge in [-0.15, -0.1) is 0 Å². The van der Waals surface area contributed by atoms with Crippen LogP contribution in [0.2, 0.25) is 10.0 Å². The zero-order valence-electron chi connectivity index (χ0n) is 18.1. The maximum Gasteiger partial charge on any atom is 0.338 e. The lowest BCUT2D eigenvalue weighted by Gasteiger charge is -2.19. The molecule has 0 aliphatic carbocycles. The van der Waals surface area contributed by atoms with E-state index in [0.717, 1.165) is 0 Å². The fraction of sp³-hybridized carbons (Fsp3) is 0.304. The van der Waals surface area contributed by atoms with Gasteiger partial charge in [-0.25, -0.2) is 9.78 Å². The third-order valence-corrected chi connectivity index (χ3v) is 5.66. The van der Waals surface area contributed by atoms with Crippen molar-refractivity contribution in [1.29, 1.82) is 0 Å². The van der Waals surface area contributed by atoms with E-state index in [0.29, 0.717) is 38.9 Å². The predicted octanol–water partition coefficient (Wildman–Crippen LogP) is 4.45. The van der Waals surface area contributed by atoms with E-state index in [-0.39, 0.29) is 11.1 Å². The van der Waals surface area contributed by atoms with Crippen LogP contribution in [0.15, 0.2) is 41.2 Å². The summed E-state index contributed by atoms with van der Waals surface area (Å²) in [5, 5.41) is 3.70. The Morgan fingerprint density at radius 2 is 1.88 bits per heavy atom. The number of carbonyl (C=O) groups excluding carboxylic acids is 2. The Morgan fingerprint density at radius 3 is 2.53 bits per heavy atom. The highest BCUT2D eigenvalue weighted by Crippen LogP contribution is 2.26. The first-order valence-corrected chi connectivity index (χ1v) is 10.9. The molecule has 2 atom stereocenters. The Kier molecular flexibility index (Phi) is 7.21. The normalized spacial score (nSPS) is 12.9. The molecular weight excluding hydrogens is 453 g/mol. The summed E-state index contributed by atoms with van der Waals surface area (Å²) in [7, 11) is 0. The largest absolute Gasteiger partial charge is 0.449 e. The van der Waals surface area contributed by atoms with Gasteiger partial charge in [0.25, 0.3) is 11.5 Å². The Morgan fingerprint density at radius 1 is 1.16 bits per heavy atom. The van der Waals surface area contributed by atoms with Gasteiger partial charge in [0.05, 0.1) is 22.6 Å². The maximum atomic E-state index is 12.6. The summed E-state index contributed by atoms with van der Waals surface area (Å²) < 4.78 is 6.93. The minimum Gasteiger partial charge on any atom is -0.449 e. The molecule has 1 N–H and O–H groups in total. The molecular formula is C23H23Cl2N3O4. The van der Waals surface area contributed by atoms with E-state index in [1.54, 1.807) is 54.8 Å². The molecule has 0 fully saturated rings. The van der Waals surface area contributed by atoms with Crippen LogP contribution >= 0.6 is 23.2 Å². The number of nitrogens with one attached hydrogen (secondary N) is 1. The summed E-state index contributed by atoms with van der Waals surface area (Å²) >= 11 is 12.1. The van der Waals surface area contributed by atoms with Crippen molar-refractivity contribution in [2.45, 2.75) is 46.4 Å². The second-order valence-electron chi connectivity index (χ2n) is 7.39. The topological polar surface area (TPSA) is 90.3 Å². The second kappa shape index (κ2) is 9.71. The van der Waals surface area contributed by atoms with Crippen LogP contribution in [0, 0.1) is 6.92 Å². The number of aromatic nitrogens is 2. The van der Waals surface area contributed by atoms with Crippen molar-refractivity contribution in [2.75, 3.05) is 0 Å². The van der Waals surface area contributed by atoms with Gasteiger partial charge in [-0.1, -0.05) is 29.3 Å². The molecule has 168 valence electrons. The van der Waals surface area contributed by atoms with Gasteiger partial charge in [0.1, 0.15) is 5.69 Å². The molecule has 0 spiro atoms. The third kappa shape index (κ3) is 4.95. The summed E-state index contributed by atoms with van der Waals surface area (Å²) in [5.74, 6) is -1.13. The first-order chi connectivity index (χ1) is 15.1. The first-order valence-electron chi connectivity index (χ1n) is 10.1. The fourth-order valence-corrected chi connectivity index (χ4v) is 3.93. The predicted molar refractivity (Wildman–Crippen MR) is 124 cm³/mol. The molecule has 0 saturated carbocycles. The number of amides is 1. The monoisotopic (exact) mass is 475 g/mol. The van der Waals surface area contributed by atoms with Crippen LogP contribution in [-0.4, -0.2) is 27.5 Å². The summed E-state index contributed by atoms with van der Waals surface area (Å²) in [6.45, 7) is 7.23. The van der Waals surface area contributed by atoms with Crippen LogP contribution in [0.3, 0.4) is 0 Å². The van der Waals surface area contributed by atoms with Crippen molar-refractivity contribution in [2.24, 2.45) is 0 Å². The standard InChI is InChI=1S/C23H23Cl2N3O4/c1-5-28-20-9-6-15(10-19(20)26-13(3)22(28)30)23(31)32-14(4)21(29)27-12(2)17-8-7-16(24)11-18(17)25/h6-12,14H,5H2,1-4H3,(H,27,29). The number of ether oxygens (including phenoxy) is 1. The minimum atomic E-state index is -1.04. The molecule has 0 radical (unpaired) electrons. The average molecular weight is 476 g/mol. The lowest BCUT2D eigenvalue weighted by molar-refractivity contribution is -0.129. The molecule has 0 aliphatic rings. The van der Waals surface area contributed by atoms with Crippen molar-refractivity contribution in [3.63, 3.8) is 0 Å². The molecule has 1 amide bonds. The van der Waals surface area contributed by atoms with Crippen molar-refractivity contribution >= 4 is 46.1 Å². The molecule has 0 saturated heterocycles. The van der Waals surface area contributed by atoms with Crippen LogP contribution in [-0.2, 0) is 16.1 Å². The SMILES string of the molecule is CCn1c(=O)c(C)nc2cc(C(=O)OC(C)C(=O)NC(C)c3ccc(Cl)cc3Cl)ccc21. The molecule has 1 heterocycles. The smallest absolute Gasteiger partial charge is 0.338 e. The highest BCUT2D eigenvalue weighted by molar-refractivity contribution is 6.35. The molecule has 9 heteroatoms. The number of carbonyl (C=O) groups is 2. The number of hydrogen-bond donors (Lipinski definition) is 1. The quantitative estimate of drug-likeness (QED) is 0.531. The number of halogens is 2. The van der Waals surface area contributed by atoms with Gasteiger partial charge < -0.3 is 14.6 Å². The van der Waals surface area contributed by atoms with Crippen molar-refractivity contribution in [3.05, 3.63) is 73.6 Å². The van der Waals surface area contributed by atoms with Crippen molar-refractivity contribution < 1.29 is 14.3 Å². The van der Waals surface area contributed by atoms with Gasteiger partial charge in [0.2, 0.25) is 0 Å². The van der Waals surface area contributed by atoms with E-state index < -0.39 is 24.0 Å². The summed E-state index contributed by atoms with van der Waals surface area (Å²) in [5.41, 5.74) is 2.23. The Labute approximate surface area is 195 Å². The lowest BCUT2D eigenvalue weighted by Crippen LogP contribution is -2.37. The van der Waals surface area contributed by atoms with E-state index in [9.17, 15) is 14.4 Å². The molecule has 32 heavy (non-hydrogen) atoms. The molecule has 3 rings (SSSR count). The van der Waals surface area contributed by atoms with Gasteiger partial charge in [0.15, 0.2) is 6.10 Å². The lowest BCUT2D eigenvalue weighted by atomic mass is 10.1. The number of rotatable bonds is 6. The fourth-order valence-electron chi connectivity index (χ4n) is 3.36. The van der Waals surface area contributed by atoms with Gasteiger partial charge >= 0.3 is 5.97 Å². The van der Waals surface area contributed by atoms with Crippen LogP contribution in [0.25, 0.3) is 11.0 Å². The Balaban J connectivity index is 1.73. The summed E-state index contributed by atoms with van der Waals surface area (Å²) in [4.78, 5) is 41.7. The molecule has 2 unspecified atom stereocenters. The van der Waals surface area contributed by atoms with E-state index in [1.807, 2.05) is 6.92 Å². The summed E-state index contributed by atoms with van der Waals surface area (Å²) in [6, 6.07) is 9.35. The van der Waals surface area contributed by atoms with Crippen molar-refractivity contribution in [1.82, 2.24) is 14.9 Å².